The van der Waals surface area contributed by atoms with Crippen molar-refractivity contribution < 1.29 is 0 Å². The van der Waals surface area contributed by atoms with Gasteiger partial charge in [-0.2, -0.15) is 0 Å². The van der Waals surface area contributed by atoms with Crippen molar-refractivity contribution in [1.29, 1.82) is 0 Å². The van der Waals surface area contributed by atoms with Crippen molar-refractivity contribution in [3.63, 3.8) is 0 Å². The van der Waals surface area contributed by atoms with Gasteiger partial charge in [0.15, 0.2) is 0 Å². The van der Waals surface area contributed by atoms with Gasteiger partial charge in [-0.25, -0.2) is 0 Å². The summed E-state index contributed by atoms with van der Waals surface area (Å²) in [7, 11) is 0. The Morgan fingerprint density at radius 1 is 1.27 bits per heavy atom. The number of rotatable bonds is 3. The molecule has 0 saturated carbocycles. The zero-order chi connectivity index (χ0) is 10.7. The highest BCUT2D eigenvalue weighted by Gasteiger charge is 2.06. The van der Waals surface area contributed by atoms with Crippen LogP contribution in [0.1, 0.15) is 37.8 Å². The van der Waals surface area contributed by atoms with Crippen LogP contribution in [-0.4, -0.2) is 0 Å². The fraction of sp³-hybridized carbons (Fsp3) is 0.333. The highest BCUT2D eigenvalue weighted by Crippen LogP contribution is 2.27. The molecule has 0 atom stereocenters. The van der Waals surface area contributed by atoms with E-state index < -0.39 is 0 Å². The normalized spacial score (nSPS) is 15.1. The summed E-state index contributed by atoms with van der Waals surface area (Å²) in [6.07, 6.45) is 8.10. The zero-order valence-corrected chi connectivity index (χ0v) is 9.59. The van der Waals surface area contributed by atoms with E-state index in [4.69, 9.17) is 0 Å². The van der Waals surface area contributed by atoms with Gasteiger partial charge in [-0.3, -0.25) is 0 Å². The van der Waals surface area contributed by atoms with E-state index in [0.29, 0.717) is 0 Å². The van der Waals surface area contributed by atoms with E-state index in [2.05, 4.69) is 50.3 Å². The maximum Gasteiger partial charge on any atom is -0.00857 e. The summed E-state index contributed by atoms with van der Waals surface area (Å²) in [4.78, 5) is 0. The molecule has 0 spiro atoms. The average Bonchev–Trinajstić information content (AvgIpc) is 2.66. The smallest absolute Gasteiger partial charge is 0.00857 e. The Morgan fingerprint density at radius 3 is 2.80 bits per heavy atom. The molecule has 0 radical (unpaired) electrons. The molecule has 1 aromatic rings. The van der Waals surface area contributed by atoms with Crippen LogP contribution in [-0.2, 0) is 6.42 Å². The third-order valence-electron chi connectivity index (χ3n) is 2.88. The van der Waals surface area contributed by atoms with Gasteiger partial charge in [0, 0.05) is 0 Å². The van der Waals surface area contributed by atoms with Gasteiger partial charge in [0.05, 0.1) is 0 Å². The molecule has 0 heteroatoms. The Labute approximate surface area is 92.3 Å². The van der Waals surface area contributed by atoms with Crippen LogP contribution in [0.15, 0.2) is 42.0 Å². The predicted octanol–water partition coefficient (Wildman–Crippen LogP) is 4.37. The van der Waals surface area contributed by atoms with Crippen molar-refractivity contribution in [2.75, 3.05) is 0 Å². The van der Waals surface area contributed by atoms with E-state index in [1.807, 2.05) is 0 Å². The first-order chi connectivity index (χ1) is 7.29. The maximum atomic E-state index is 2.34. The molecule has 0 N–H and O–H groups in total. The number of benzene rings is 1. The van der Waals surface area contributed by atoms with Crippen LogP contribution < -0.4 is 0 Å². The molecule has 0 fully saturated rings. The second-order valence-electron chi connectivity index (χ2n) is 4.27. The molecule has 0 heterocycles. The van der Waals surface area contributed by atoms with Crippen LogP contribution in [0.5, 0.6) is 0 Å². The van der Waals surface area contributed by atoms with Gasteiger partial charge in [-0.15, -0.1) is 0 Å². The van der Waals surface area contributed by atoms with E-state index in [1.54, 1.807) is 0 Å². The van der Waals surface area contributed by atoms with Crippen molar-refractivity contribution in [1.82, 2.24) is 0 Å². The van der Waals surface area contributed by atoms with E-state index >= 15 is 0 Å². The highest BCUT2D eigenvalue weighted by atomic mass is 14.1. The maximum absolute atomic E-state index is 2.34. The quantitative estimate of drug-likeness (QED) is 0.676. The van der Waals surface area contributed by atoms with Gasteiger partial charge < -0.3 is 0 Å². The lowest BCUT2D eigenvalue weighted by molar-refractivity contribution is 0.921. The lowest BCUT2D eigenvalue weighted by Crippen LogP contribution is -1.86. The van der Waals surface area contributed by atoms with Gasteiger partial charge in [0.25, 0.3) is 0 Å². The minimum Gasteiger partial charge on any atom is -0.0772 e. The molecule has 0 aromatic heterocycles. The summed E-state index contributed by atoms with van der Waals surface area (Å²) in [6, 6.07) is 8.96. The topological polar surface area (TPSA) is 0 Å². The molecule has 1 aromatic carbocycles. The van der Waals surface area contributed by atoms with Crippen LogP contribution in [0, 0.1) is 0 Å². The fourth-order valence-electron chi connectivity index (χ4n) is 2.08. The second-order valence-corrected chi connectivity index (χ2v) is 4.27. The van der Waals surface area contributed by atoms with Crippen LogP contribution >= 0.6 is 0 Å². The Bertz CT molecular complexity index is 408. The molecule has 0 amide bonds. The van der Waals surface area contributed by atoms with Gasteiger partial charge in [0.1, 0.15) is 0 Å². The first-order valence-corrected chi connectivity index (χ1v) is 5.76. The van der Waals surface area contributed by atoms with Gasteiger partial charge in [-0.1, -0.05) is 55.3 Å². The Kier molecular flexibility index (Phi) is 3.05. The SMILES string of the molecule is CCCc1cccc(C2=CC(C)=CC2)c1. The molecule has 0 unspecified atom stereocenters. The molecule has 78 valence electrons. The van der Waals surface area contributed by atoms with Crippen LogP contribution in [0.4, 0.5) is 0 Å². The zero-order valence-electron chi connectivity index (χ0n) is 9.59. The van der Waals surface area contributed by atoms with Crippen molar-refractivity contribution in [3.8, 4) is 0 Å². The highest BCUT2D eigenvalue weighted by molar-refractivity contribution is 5.72. The summed E-state index contributed by atoms with van der Waals surface area (Å²) < 4.78 is 0. The lowest BCUT2D eigenvalue weighted by Gasteiger charge is -2.05. The average molecular weight is 198 g/mol. The van der Waals surface area contributed by atoms with E-state index in [1.165, 1.54) is 35.1 Å². The lowest BCUT2D eigenvalue weighted by atomic mass is 10.0. The molecule has 0 aliphatic heterocycles. The van der Waals surface area contributed by atoms with E-state index in [0.717, 1.165) is 6.42 Å². The number of aryl methyl sites for hydroxylation is 1. The molecular formula is C15H18. The molecule has 2 rings (SSSR count). The summed E-state index contributed by atoms with van der Waals surface area (Å²) in [5, 5.41) is 0. The standard InChI is InChI=1S/C15H18/c1-3-5-13-6-4-7-14(11-13)15-9-8-12(2)10-15/h4,6-8,10-11H,3,5,9H2,1-2H3. The largest absolute Gasteiger partial charge is 0.0772 e. The molecule has 0 bridgehead atoms. The summed E-state index contributed by atoms with van der Waals surface area (Å²) >= 11 is 0. The third kappa shape index (κ3) is 2.38. The van der Waals surface area contributed by atoms with Gasteiger partial charge >= 0.3 is 0 Å². The van der Waals surface area contributed by atoms with E-state index in [-0.39, 0.29) is 0 Å². The van der Waals surface area contributed by atoms with Crippen molar-refractivity contribution >= 4 is 5.57 Å². The van der Waals surface area contributed by atoms with Crippen LogP contribution in [0.25, 0.3) is 5.57 Å². The van der Waals surface area contributed by atoms with Crippen molar-refractivity contribution in [2.24, 2.45) is 0 Å². The summed E-state index contributed by atoms with van der Waals surface area (Å²) in [5.41, 5.74) is 5.71. The first-order valence-electron chi connectivity index (χ1n) is 5.76. The van der Waals surface area contributed by atoms with Gasteiger partial charge in [-0.05, 0) is 36.5 Å². The van der Waals surface area contributed by atoms with Crippen LogP contribution in [0.3, 0.4) is 0 Å². The van der Waals surface area contributed by atoms with Crippen molar-refractivity contribution in [2.45, 2.75) is 33.1 Å². The molecular weight excluding hydrogens is 180 g/mol. The van der Waals surface area contributed by atoms with Gasteiger partial charge in [0.2, 0.25) is 0 Å². The molecule has 0 nitrogen and oxygen atoms in total. The number of allylic oxidation sites excluding steroid dienone is 4. The summed E-state index contributed by atoms with van der Waals surface area (Å²) in [5.74, 6) is 0. The number of hydrogen-bond donors (Lipinski definition) is 0. The predicted molar refractivity (Wildman–Crippen MR) is 66.8 cm³/mol. The molecule has 1 aliphatic rings. The summed E-state index contributed by atoms with van der Waals surface area (Å²) in [6.45, 7) is 4.40. The molecule has 0 saturated heterocycles. The molecule has 1 aliphatic carbocycles. The monoisotopic (exact) mass is 198 g/mol. The third-order valence-corrected chi connectivity index (χ3v) is 2.88. The first kappa shape index (κ1) is 10.2. The minimum atomic E-state index is 1.10. The Morgan fingerprint density at radius 2 is 2.13 bits per heavy atom. The van der Waals surface area contributed by atoms with Crippen molar-refractivity contribution in [3.05, 3.63) is 53.1 Å². The fourth-order valence-corrected chi connectivity index (χ4v) is 2.08. The molecule has 15 heavy (non-hydrogen) atoms. The van der Waals surface area contributed by atoms with E-state index in [9.17, 15) is 0 Å². The Hall–Kier alpha value is -1.30. The Balaban J connectivity index is 2.22. The number of hydrogen-bond acceptors (Lipinski definition) is 0. The van der Waals surface area contributed by atoms with Crippen LogP contribution in [0.2, 0.25) is 0 Å². The second kappa shape index (κ2) is 4.48. The minimum absolute atomic E-state index is 1.10.